The van der Waals surface area contributed by atoms with Gasteiger partial charge in [0.2, 0.25) is 0 Å². The van der Waals surface area contributed by atoms with Gasteiger partial charge >= 0.3 is 0 Å². The monoisotopic (exact) mass is 214 g/mol. The molecule has 0 spiro atoms. The molecule has 0 atom stereocenters. The van der Waals surface area contributed by atoms with Crippen LogP contribution in [0, 0.1) is 0 Å². The van der Waals surface area contributed by atoms with E-state index in [1.807, 2.05) is 10.8 Å². The quantitative estimate of drug-likeness (QED) is 0.728. The Bertz CT molecular complexity index is 370. The molecule has 0 unspecified atom stereocenters. The molecule has 0 aliphatic carbocycles. The minimum Gasteiger partial charge on any atom is -0.328 e. The summed E-state index contributed by atoms with van der Waals surface area (Å²) in [6.07, 6.45) is 5.37. The highest BCUT2D eigenvalue weighted by Gasteiger charge is 2.03. The summed E-state index contributed by atoms with van der Waals surface area (Å²) in [5, 5.41) is 0. The largest absolute Gasteiger partial charge is 0.328 e. The second kappa shape index (κ2) is 3.85. The summed E-state index contributed by atoms with van der Waals surface area (Å²) in [5.74, 6) is 1.28. The first-order valence-electron chi connectivity index (χ1n) is 3.72. The normalized spacial score (nSPS) is 10.5. The molecule has 0 amide bonds. The molecule has 0 radical (unpaired) electrons. The van der Waals surface area contributed by atoms with E-state index in [2.05, 4.69) is 13.7 Å². The van der Waals surface area contributed by atoms with Crippen LogP contribution in [0.3, 0.4) is 0 Å². The maximum atomic E-state index is 5.70. The topological polar surface area (TPSA) is 43.6 Å². The van der Waals surface area contributed by atoms with Crippen LogP contribution in [-0.4, -0.2) is 18.3 Å². The van der Waals surface area contributed by atoms with E-state index in [1.165, 1.54) is 11.7 Å². The van der Waals surface area contributed by atoms with Crippen LogP contribution in [0.15, 0.2) is 18.6 Å². The van der Waals surface area contributed by atoms with Crippen molar-refractivity contribution in [2.45, 2.75) is 12.4 Å². The van der Waals surface area contributed by atoms with Crippen LogP contribution < -0.4 is 0 Å². The second-order valence-electron chi connectivity index (χ2n) is 2.50. The van der Waals surface area contributed by atoms with Crippen LogP contribution in [-0.2, 0) is 12.4 Å². The fraction of sp³-hybridized carbons (Fsp3) is 0.286. The molecule has 0 aromatic carbocycles. The van der Waals surface area contributed by atoms with E-state index >= 15 is 0 Å². The van der Waals surface area contributed by atoms with Gasteiger partial charge in [-0.1, -0.05) is 0 Å². The van der Waals surface area contributed by atoms with E-state index in [-0.39, 0.29) is 0 Å². The van der Waals surface area contributed by atoms with E-state index in [4.69, 9.17) is 11.6 Å². The molecule has 0 saturated heterocycles. The van der Waals surface area contributed by atoms with Gasteiger partial charge in [0.1, 0.15) is 5.82 Å². The van der Waals surface area contributed by atoms with Crippen molar-refractivity contribution < 1.29 is 0 Å². The second-order valence-corrected chi connectivity index (χ2v) is 3.33. The van der Waals surface area contributed by atoms with Gasteiger partial charge in [-0.05, 0) is 0 Å². The van der Waals surface area contributed by atoms with Crippen LogP contribution in [0.2, 0.25) is 0 Å². The maximum absolute atomic E-state index is 5.70. The minimum absolute atomic E-state index is 0.421. The molecule has 0 aliphatic heterocycles. The molecule has 2 aromatic rings. The average molecular weight is 215 g/mol. The Labute approximate surface area is 84.5 Å². The first-order valence-corrected chi connectivity index (χ1v) is 4.99. The Balaban J connectivity index is 2.18. The zero-order valence-electron chi connectivity index (χ0n) is 6.72. The van der Waals surface area contributed by atoms with Gasteiger partial charge in [-0.25, -0.2) is 4.98 Å². The SMILES string of the molecule is ClCc1nccn1Cc1cnsn1. The van der Waals surface area contributed by atoms with E-state index in [1.54, 1.807) is 12.4 Å². The number of alkyl halides is 1. The van der Waals surface area contributed by atoms with E-state index in [0.29, 0.717) is 12.4 Å². The third-order valence-electron chi connectivity index (χ3n) is 1.66. The number of aromatic nitrogens is 4. The van der Waals surface area contributed by atoms with Gasteiger partial charge in [0.25, 0.3) is 0 Å². The average Bonchev–Trinajstić information content (AvgIpc) is 2.76. The summed E-state index contributed by atoms with van der Waals surface area (Å²) >= 11 is 6.90. The zero-order valence-corrected chi connectivity index (χ0v) is 8.29. The van der Waals surface area contributed by atoms with E-state index in [9.17, 15) is 0 Å². The third kappa shape index (κ3) is 1.87. The molecule has 0 aliphatic rings. The molecule has 4 nitrogen and oxygen atoms in total. The van der Waals surface area contributed by atoms with Crippen molar-refractivity contribution in [1.82, 2.24) is 18.3 Å². The molecule has 0 bridgehead atoms. The lowest BCUT2D eigenvalue weighted by atomic mass is 10.4. The fourth-order valence-electron chi connectivity index (χ4n) is 1.04. The van der Waals surface area contributed by atoms with Gasteiger partial charge in [-0.15, -0.1) is 11.6 Å². The van der Waals surface area contributed by atoms with E-state index in [0.717, 1.165) is 11.5 Å². The Morgan fingerprint density at radius 3 is 3.15 bits per heavy atom. The highest BCUT2D eigenvalue weighted by molar-refractivity contribution is 6.99. The van der Waals surface area contributed by atoms with Gasteiger partial charge in [0, 0.05) is 12.4 Å². The van der Waals surface area contributed by atoms with Crippen molar-refractivity contribution in [3.63, 3.8) is 0 Å². The summed E-state index contributed by atoms with van der Waals surface area (Å²) in [6.45, 7) is 0.693. The molecule has 13 heavy (non-hydrogen) atoms. The number of rotatable bonds is 3. The number of hydrogen-bond acceptors (Lipinski definition) is 4. The Morgan fingerprint density at radius 1 is 1.54 bits per heavy atom. The number of halogens is 1. The molecule has 2 rings (SSSR count). The summed E-state index contributed by atoms with van der Waals surface area (Å²) in [4.78, 5) is 4.10. The van der Waals surface area contributed by atoms with Gasteiger partial charge in [0.15, 0.2) is 0 Å². The number of imidazole rings is 1. The van der Waals surface area contributed by atoms with Crippen molar-refractivity contribution in [2.75, 3.05) is 0 Å². The summed E-state index contributed by atoms with van der Waals surface area (Å²) in [5.41, 5.74) is 0.939. The molecular weight excluding hydrogens is 208 g/mol. The first kappa shape index (κ1) is 8.65. The van der Waals surface area contributed by atoms with Crippen LogP contribution in [0.25, 0.3) is 0 Å². The Morgan fingerprint density at radius 2 is 2.46 bits per heavy atom. The zero-order chi connectivity index (χ0) is 9.10. The highest BCUT2D eigenvalue weighted by atomic mass is 35.5. The van der Waals surface area contributed by atoms with Crippen molar-refractivity contribution >= 4 is 23.3 Å². The van der Waals surface area contributed by atoms with Gasteiger partial charge < -0.3 is 4.57 Å². The van der Waals surface area contributed by atoms with Crippen LogP contribution in [0.4, 0.5) is 0 Å². The van der Waals surface area contributed by atoms with Crippen molar-refractivity contribution in [1.29, 1.82) is 0 Å². The Kier molecular flexibility index (Phi) is 2.56. The summed E-state index contributed by atoms with van der Waals surface area (Å²) in [6, 6.07) is 0. The van der Waals surface area contributed by atoms with Crippen molar-refractivity contribution in [3.8, 4) is 0 Å². The van der Waals surface area contributed by atoms with Crippen LogP contribution in [0.5, 0.6) is 0 Å². The maximum Gasteiger partial charge on any atom is 0.123 e. The molecule has 0 N–H and O–H groups in total. The Hall–Kier alpha value is -0.940. The van der Waals surface area contributed by atoms with Gasteiger partial charge in [-0.3, -0.25) is 0 Å². The van der Waals surface area contributed by atoms with Gasteiger partial charge in [-0.2, -0.15) is 8.75 Å². The van der Waals surface area contributed by atoms with E-state index < -0.39 is 0 Å². The highest BCUT2D eigenvalue weighted by Crippen LogP contribution is 2.05. The van der Waals surface area contributed by atoms with Gasteiger partial charge in [0.05, 0.1) is 36.0 Å². The molecule has 68 valence electrons. The third-order valence-corrected chi connectivity index (χ3v) is 2.42. The molecule has 2 heterocycles. The standard InChI is InChI=1S/C7H7ClN4S/c8-3-7-9-1-2-12(7)5-6-4-10-13-11-6/h1-2,4H,3,5H2. The molecule has 0 saturated carbocycles. The van der Waals surface area contributed by atoms with Crippen molar-refractivity contribution in [3.05, 3.63) is 30.1 Å². The minimum atomic E-state index is 0.421. The molecule has 6 heteroatoms. The molecule has 0 fully saturated rings. The summed E-state index contributed by atoms with van der Waals surface area (Å²) in [7, 11) is 0. The first-order chi connectivity index (χ1) is 6.40. The fourth-order valence-corrected chi connectivity index (χ4v) is 1.69. The van der Waals surface area contributed by atoms with Crippen LogP contribution in [0.1, 0.15) is 11.5 Å². The number of hydrogen-bond donors (Lipinski definition) is 0. The number of nitrogens with zero attached hydrogens (tertiary/aromatic N) is 4. The smallest absolute Gasteiger partial charge is 0.123 e. The predicted molar refractivity (Wildman–Crippen MR) is 50.8 cm³/mol. The van der Waals surface area contributed by atoms with Crippen molar-refractivity contribution in [2.24, 2.45) is 0 Å². The lowest BCUT2D eigenvalue weighted by Crippen LogP contribution is -2.02. The summed E-state index contributed by atoms with van der Waals surface area (Å²) < 4.78 is 9.99. The molecule has 2 aromatic heterocycles. The van der Waals surface area contributed by atoms with Crippen LogP contribution >= 0.6 is 23.3 Å². The predicted octanol–water partition coefficient (Wildman–Crippen LogP) is 1.52. The molecular formula is C7H7ClN4S. The lowest BCUT2D eigenvalue weighted by molar-refractivity contribution is 0.742. The lowest BCUT2D eigenvalue weighted by Gasteiger charge is -2.01.